The van der Waals surface area contributed by atoms with Gasteiger partial charge in [0, 0.05) is 20.8 Å². The van der Waals surface area contributed by atoms with E-state index in [1.54, 1.807) is 14.2 Å². The Labute approximate surface area is 93.3 Å². The lowest BCUT2D eigenvalue weighted by atomic mass is 10.1. The molecule has 0 aliphatic carbocycles. The first kappa shape index (κ1) is 14.8. The highest BCUT2D eigenvalue weighted by molar-refractivity contribution is 4.68. The maximum atomic E-state index is 5.31. The Morgan fingerprint density at radius 1 is 1.00 bits per heavy atom. The molecule has 0 spiro atoms. The van der Waals surface area contributed by atoms with Gasteiger partial charge in [0.2, 0.25) is 0 Å². The predicted molar refractivity (Wildman–Crippen MR) is 61.3 cm³/mol. The fourth-order valence-electron chi connectivity index (χ4n) is 1.01. The van der Waals surface area contributed by atoms with Gasteiger partial charge in [-0.1, -0.05) is 0 Å². The van der Waals surface area contributed by atoms with E-state index in [9.17, 15) is 0 Å². The summed E-state index contributed by atoms with van der Waals surface area (Å²) in [7, 11) is 3.42. The van der Waals surface area contributed by atoms with Crippen molar-refractivity contribution in [3.8, 4) is 0 Å². The van der Waals surface area contributed by atoms with Crippen molar-refractivity contribution in [3.05, 3.63) is 0 Å². The van der Waals surface area contributed by atoms with Gasteiger partial charge in [0.1, 0.15) is 0 Å². The van der Waals surface area contributed by atoms with Crippen molar-refractivity contribution in [1.82, 2.24) is 5.32 Å². The van der Waals surface area contributed by atoms with Crippen LogP contribution in [0.15, 0.2) is 0 Å². The summed E-state index contributed by atoms with van der Waals surface area (Å²) in [6.45, 7) is 8.07. The van der Waals surface area contributed by atoms with Crippen LogP contribution in [0.4, 0.5) is 0 Å². The molecule has 0 aromatic carbocycles. The van der Waals surface area contributed by atoms with Gasteiger partial charge in [-0.15, -0.1) is 0 Å². The molecule has 0 amide bonds. The molecule has 1 N–H and O–H groups in total. The molecule has 0 radical (unpaired) electrons. The van der Waals surface area contributed by atoms with E-state index in [4.69, 9.17) is 14.2 Å². The molecule has 0 rings (SSSR count). The standard InChI is InChI=1S/C11H25NO3/c1-11(2,14-4)5-6-12-7-8-15-10-9-13-3/h12H,5-10H2,1-4H3. The van der Waals surface area contributed by atoms with Crippen molar-refractivity contribution in [2.45, 2.75) is 25.9 Å². The van der Waals surface area contributed by atoms with Gasteiger partial charge in [0.05, 0.1) is 25.4 Å². The molecule has 92 valence electrons. The topological polar surface area (TPSA) is 39.7 Å². The average molecular weight is 219 g/mol. The van der Waals surface area contributed by atoms with Gasteiger partial charge in [-0.2, -0.15) is 0 Å². The van der Waals surface area contributed by atoms with Gasteiger partial charge in [-0.25, -0.2) is 0 Å². The minimum absolute atomic E-state index is 0.0378. The summed E-state index contributed by atoms with van der Waals surface area (Å²) in [6.07, 6.45) is 1.00. The number of hydrogen-bond donors (Lipinski definition) is 1. The smallest absolute Gasteiger partial charge is 0.0700 e. The van der Waals surface area contributed by atoms with E-state index in [0.717, 1.165) is 26.1 Å². The minimum atomic E-state index is -0.0378. The molecule has 0 heterocycles. The second-order valence-electron chi connectivity index (χ2n) is 4.07. The SMILES string of the molecule is COCCOCCNCCC(C)(C)OC. The zero-order chi connectivity index (χ0) is 11.6. The molecular weight excluding hydrogens is 194 g/mol. The third-order valence-electron chi connectivity index (χ3n) is 2.31. The molecule has 0 aromatic heterocycles. The molecule has 0 fully saturated rings. The van der Waals surface area contributed by atoms with Crippen LogP contribution in [0, 0.1) is 0 Å². The first-order valence-electron chi connectivity index (χ1n) is 5.45. The van der Waals surface area contributed by atoms with E-state index in [1.807, 2.05) is 0 Å². The highest BCUT2D eigenvalue weighted by Gasteiger charge is 2.14. The monoisotopic (exact) mass is 219 g/mol. The average Bonchev–Trinajstić information content (AvgIpc) is 2.22. The summed E-state index contributed by atoms with van der Waals surface area (Å²) >= 11 is 0. The van der Waals surface area contributed by atoms with Crippen molar-refractivity contribution in [3.63, 3.8) is 0 Å². The number of hydrogen-bond acceptors (Lipinski definition) is 4. The Bertz CT molecular complexity index is 140. The largest absolute Gasteiger partial charge is 0.382 e. The number of methoxy groups -OCH3 is 2. The van der Waals surface area contributed by atoms with Crippen molar-refractivity contribution in [2.24, 2.45) is 0 Å². The normalized spacial score (nSPS) is 12.0. The summed E-state index contributed by atoms with van der Waals surface area (Å²) in [5.74, 6) is 0. The zero-order valence-corrected chi connectivity index (χ0v) is 10.5. The Morgan fingerprint density at radius 2 is 1.73 bits per heavy atom. The van der Waals surface area contributed by atoms with E-state index >= 15 is 0 Å². The molecular formula is C11H25NO3. The minimum Gasteiger partial charge on any atom is -0.382 e. The molecule has 0 aliphatic heterocycles. The second kappa shape index (κ2) is 9.09. The third-order valence-corrected chi connectivity index (χ3v) is 2.31. The number of nitrogens with one attached hydrogen (secondary N) is 1. The van der Waals surface area contributed by atoms with Crippen LogP contribution in [0.5, 0.6) is 0 Å². The maximum absolute atomic E-state index is 5.31. The lowest BCUT2D eigenvalue weighted by Gasteiger charge is -2.22. The molecule has 0 atom stereocenters. The van der Waals surface area contributed by atoms with Crippen molar-refractivity contribution in [1.29, 1.82) is 0 Å². The van der Waals surface area contributed by atoms with E-state index in [-0.39, 0.29) is 5.60 Å². The van der Waals surface area contributed by atoms with Crippen LogP contribution in [-0.4, -0.2) is 52.7 Å². The molecule has 0 bridgehead atoms. The van der Waals surface area contributed by atoms with Crippen molar-refractivity contribution < 1.29 is 14.2 Å². The Balaban J connectivity index is 3.11. The predicted octanol–water partition coefficient (Wildman–Crippen LogP) is 1.05. The van der Waals surface area contributed by atoms with Crippen LogP contribution >= 0.6 is 0 Å². The van der Waals surface area contributed by atoms with Gasteiger partial charge in [-0.05, 0) is 26.8 Å². The van der Waals surface area contributed by atoms with Crippen molar-refractivity contribution in [2.75, 3.05) is 47.1 Å². The quantitative estimate of drug-likeness (QED) is 0.558. The zero-order valence-electron chi connectivity index (χ0n) is 10.5. The summed E-state index contributed by atoms with van der Waals surface area (Å²) in [5.41, 5.74) is -0.0378. The maximum Gasteiger partial charge on any atom is 0.0700 e. The lowest BCUT2D eigenvalue weighted by Crippen LogP contribution is -2.30. The van der Waals surface area contributed by atoms with Crippen LogP contribution in [0.2, 0.25) is 0 Å². The molecule has 0 saturated carbocycles. The molecule has 0 unspecified atom stereocenters. The first-order chi connectivity index (χ1) is 7.12. The first-order valence-corrected chi connectivity index (χ1v) is 5.45. The lowest BCUT2D eigenvalue weighted by molar-refractivity contribution is 0.0152. The van der Waals surface area contributed by atoms with Crippen LogP contribution in [-0.2, 0) is 14.2 Å². The Hall–Kier alpha value is -0.160. The number of rotatable bonds is 10. The summed E-state index contributed by atoms with van der Waals surface area (Å²) in [5, 5.41) is 3.31. The third kappa shape index (κ3) is 10.1. The van der Waals surface area contributed by atoms with Gasteiger partial charge in [0.15, 0.2) is 0 Å². The Morgan fingerprint density at radius 3 is 2.33 bits per heavy atom. The van der Waals surface area contributed by atoms with Crippen molar-refractivity contribution >= 4 is 0 Å². The van der Waals surface area contributed by atoms with E-state index in [0.29, 0.717) is 13.2 Å². The van der Waals surface area contributed by atoms with E-state index in [2.05, 4.69) is 19.2 Å². The van der Waals surface area contributed by atoms with Crippen LogP contribution < -0.4 is 5.32 Å². The molecule has 0 aliphatic rings. The van der Waals surface area contributed by atoms with Gasteiger partial charge < -0.3 is 19.5 Å². The fraction of sp³-hybridized carbons (Fsp3) is 1.00. The van der Waals surface area contributed by atoms with Gasteiger partial charge in [-0.3, -0.25) is 0 Å². The summed E-state index contributed by atoms with van der Waals surface area (Å²) < 4.78 is 15.5. The van der Waals surface area contributed by atoms with E-state index < -0.39 is 0 Å². The Kier molecular flexibility index (Phi) is 9.00. The highest BCUT2D eigenvalue weighted by Crippen LogP contribution is 2.10. The van der Waals surface area contributed by atoms with Gasteiger partial charge in [0.25, 0.3) is 0 Å². The van der Waals surface area contributed by atoms with Crippen LogP contribution in [0.3, 0.4) is 0 Å². The van der Waals surface area contributed by atoms with Crippen LogP contribution in [0.25, 0.3) is 0 Å². The number of ether oxygens (including phenoxy) is 3. The molecule has 0 saturated heterocycles. The van der Waals surface area contributed by atoms with Gasteiger partial charge >= 0.3 is 0 Å². The molecule has 0 aromatic rings. The summed E-state index contributed by atoms with van der Waals surface area (Å²) in [6, 6.07) is 0. The van der Waals surface area contributed by atoms with E-state index in [1.165, 1.54) is 0 Å². The molecule has 4 nitrogen and oxygen atoms in total. The molecule has 15 heavy (non-hydrogen) atoms. The van der Waals surface area contributed by atoms with Crippen LogP contribution in [0.1, 0.15) is 20.3 Å². The second-order valence-corrected chi connectivity index (χ2v) is 4.07. The fourth-order valence-corrected chi connectivity index (χ4v) is 1.01. The summed E-state index contributed by atoms with van der Waals surface area (Å²) in [4.78, 5) is 0. The molecule has 4 heteroatoms. The highest BCUT2D eigenvalue weighted by atomic mass is 16.5.